The summed E-state index contributed by atoms with van der Waals surface area (Å²) < 4.78 is 0. The summed E-state index contributed by atoms with van der Waals surface area (Å²) in [6, 6.07) is 18.9. The molecule has 2 rings (SSSR count). The van der Waals surface area contributed by atoms with Gasteiger partial charge in [0.1, 0.15) is 6.04 Å². The van der Waals surface area contributed by atoms with E-state index >= 15 is 0 Å². The van der Waals surface area contributed by atoms with Crippen molar-refractivity contribution in [2.24, 2.45) is 5.73 Å². The van der Waals surface area contributed by atoms with Gasteiger partial charge in [-0.1, -0.05) is 60.7 Å². The first-order valence-corrected chi connectivity index (χ1v) is 11.2. The topological polar surface area (TPSA) is 96.2 Å². The Bertz CT molecular complexity index is 768. The van der Waals surface area contributed by atoms with Crippen molar-refractivity contribution in [2.45, 2.75) is 50.6 Å². The zero-order valence-corrected chi connectivity index (χ0v) is 18.5. The van der Waals surface area contributed by atoms with E-state index in [0.717, 1.165) is 37.8 Å². The Balaban J connectivity index is 1.79. The van der Waals surface area contributed by atoms with Crippen LogP contribution < -0.4 is 21.7 Å². The Hall–Kier alpha value is -2.70. The predicted molar refractivity (Wildman–Crippen MR) is 126 cm³/mol. The molecule has 0 spiro atoms. The Morgan fingerprint density at radius 2 is 1.42 bits per heavy atom. The molecule has 0 aliphatic heterocycles. The van der Waals surface area contributed by atoms with Gasteiger partial charge in [-0.15, -0.1) is 0 Å². The lowest BCUT2D eigenvalue weighted by molar-refractivity contribution is -0.129. The Morgan fingerprint density at radius 3 is 2.03 bits per heavy atom. The highest BCUT2D eigenvalue weighted by Crippen LogP contribution is 2.06. The van der Waals surface area contributed by atoms with Gasteiger partial charge in [-0.25, -0.2) is 0 Å². The van der Waals surface area contributed by atoms with Crippen LogP contribution in [0.1, 0.15) is 36.8 Å². The number of amides is 2. The first-order chi connectivity index (χ1) is 15.1. The van der Waals surface area contributed by atoms with Gasteiger partial charge in [0.25, 0.3) is 0 Å². The van der Waals surface area contributed by atoms with Gasteiger partial charge in [-0.3, -0.25) is 9.59 Å². The second kappa shape index (κ2) is 14.3. The SMILES string of the molecule is CNCCC[C@H](NC(=O)[C@@H](N)CCc1ccccc1)C(=O)NCCCc1ccccc1. The van der Waals surface area contributed by atoms with E-state index in [4.69, 9.17) is 5.73 Å². The number of carbonyl (C=O) groups is 2. The van der Waals surface area contributed by atoms with Gasteiger partial charge in [-0.05, 0) is 63.2 Å². The maximum Gasteiger partial charge on any atom is 0.242 e. The van der Waals surface area contributed by atoms with E-state index < -0.39 is 12.1 Å². The molecule has 168 valence electrons. The summed E-state index contributed by atoms with van der Waals surface area (Å²) in [5, 5.41) is 8.91. The molecule has 6 nitrogen and oxygen atoms in total. The minimum Gasteiger partial charge on any atom is -0.354 e. The van der Waals surface area contributed by atoms with Crippen LogP contribution in [0.3, 0.4) is 0 Å². The molecule has 0 aliphatic rings. The summed E-state index contributed by atoms with van der Waals surface area (Å²) in [7, 11) is 1.87. The van der Waals surface area contributed by atoms with Gasteiger partial charge in [-0.2, -0.15) is 0 Å². The molecule has 0 fully saturated rings. The van der Waals surface area contributed by atoms with Crippen molar-refractivity contribution in [1.82, 2.24) is 16.0 Å². The van der Waals surface area contributed by atoms with Crippen molar-refractivity contribution in [1.29, 1.82) is 0 Å². The van der Waals surface area contributed by atoms with E-state index in [1.165, 1.54) is 5.56 Å². The number of nitrogens with two attached hydrogens (primary N) is 1. The van der Waals surface area contributed by atoms with Gasteiger partial charge in [0, 0.05) is 6.54 Å². The third-order valence-electron chi connectivity index (χ3n) is 5.26. The smallest absolute Gasteiger partial charge is 0.242 e. The Morgan fingerprint density at radius 1 is 0.806 bits per heavy atom. The fourth-order valence-electron chi connectivity index (χ4n) is 3.40. The van der Waals surface area contributed by atoms with Crippen molar-refractivity contribution in [3.63, 3.8) is 0 Å². The van der Waals surface area contributed by atoms with Crippen molar-refractivity contribution >= 4 is 11.8 Å². The van der Waals surface area contributed by atoms with Crippen LogP contribution in [0.25, 0.3) is 0 Å². The van der Waals surface area contributed by atoms with E-state index in [9.17, 15) is 9.59 Å². The van der Waals surface area contributed by atoms with Crippen molar-refractivity contribution in [3.8, 4) is 0 Å². The molecule has 2 atom stereocenters. The molecule has 2 aromatic carbocycles. The number of benzene rings is 2. The summed E-state index contributed by atoms with van der Waals surface area (Å²) in [6.45, 7) is 1.36. The molecule has 6 heteroatoms. The highest BCUT2D eigenvalue weighted by molar-refractivity contribution is 5.89. The lowest BCUT2D eigenvalue weighted by atomic mass is 10.0. The van der Waals surface area contributed by atoms with Gasteiger partial charge < -0.3 is 21.7 Å². The zero-order chi connectivity index (χ0) is 22.3. The highest BCUT2D eigenvalue weighted by atomic mass is 16.2. The van der Waals surface area contributed by atoms with Crippen LogP contribution in [0.4, 0.5) is 0 Å². The highest BCUT2D eigenvalue weighted by Gasteiger charge is 2.23. The predicted octanol–water partition coefficient (Wildman–Crippen LogP) is 2.18. The number of hydrogen-bond donors (Lipinski definition) is 4. The molecule has 0 saturated carbocycles. The molecule has 0 aromatic heterocycles. The molecule has 0 aliphatic carbocycles. The van der Waals surface area contributed by atoms with Gasteiger partial charge in [0.2, 0.25) is 11.8 Å². The fraction of sp³-hybridized carbons (Fsp3) is 0.440. The normalized spacial score (nSPS) is 12.7. The first-order valence-electron chi connectivity index (χ1n) is 11.2. The molecule has 5 N–H and O–H groups in total. The summed E-state index contributed by atoms with van der Waals surface area (Å²) in [5.41, 5.74) is 8.49. The molecule has 31 heavy (non-hydrogen) atoms. The number of aryl methyl sites for hydroxylation is 2. The third-order valence-corrected chi connectivity index (χ3v) is 5.26. The quantitative estimate of drug-likeness (QED) is 0.350. The largest absolute Gasteiger partial charge is 0.354 e. The molecule has 0 saturated heterocycles. The van der Waals surface area contributed by atoms with E-state index in [1.54, 1.807) is 0 Å². The standard InChI is InChI=1S/C25H36N4O2/c1-27-18-9-15-23(25(31)28-19-8-14-20-10-4-2-5-11-20)29-24(30)22(26)17-16-21-12-6-3-7-13-21/h2-7,10-13,22-23,27H,8-9,14-19,26H2,1H3,(H,28,31)(H,29,30)/t22-,23-/m0/s1. The van der Waals surface area contributed by atoms with E-state index in [1.807, 2.05) is 55.6 Å². The van der Waals surface area contributed by atoms with Crippen LogP contribution in [-0.4, -0.2) is 44.0 Å². The maximum atomic E-state index is 12.7. The lowest BCUT2D eigenvalue weighted by Crippen LogP contribution is -2.52. The van der Waals surface area contributed by atoms with Crippen molar-refractivity contribution < 1.29 is 9.59 Å². The van der Waals surface area contributed by atoms with Crippen LogP contribution in [-0.2, 0) is 22.4 Å². The molecular weight excluding hydrogens is 388 g/mol. The van der Waals surface area contributed by atoms with Crippen LogP contribution in [0.2, 0.25) is 0 Å². The van der Waals surface area contributed by atoms with Crippen molar-refractivity contribution in [2.75, 3.05) is 20.1 Å². The van der Waals surface area contributed by atoms with Gasteiger partial charge >= 0.3 is 0 Å². The van der Waals surface area contributed by atoms with Crippen molar-refractivity contribution in [3.05, 3.63) is 71.8 Å². The van der Waals surface area contributed by atoms with Gasteiger partial charge in [0.05, 0.1) is 6.04 Å². The van der Waals surface area contributed by atoms with E-state index in [2.05, 4.69) is 28.1 Å². The number of rotatable bonds is 14. The Labute approximate surface area is 186 Å². The minimum absolute atomic E-state index is 0.146. The average molecular weight is 425 g/mol. The molecule has 2 amide bonds. The summed E-state index contributed by atoms with van der Waals surface area (Å²) in [5.74, 6) is -0.419. The second-order valence-electron chi connectivity index (χ2n) is 7.82. The average Bonchev–Trinajstić information content (AvgIpc) is 2.80. The summed E-state index contributed by atoms with van der Waals surface area (Å²) in [6.07, 6.45) is 4.38. The Kier molecular flexibility index (Phi) is 11.4. The van der Waals surface area contributed by atoms with E-state index in [0.29, 0.717) is 19.4 Å². The van der Waals surface area contributed by atoms with Crippen LogP contribution in [0.5, 0.6) is 0 Å². The maximum absolute atomic E-state index is 12.7. The fourth-order valence-corrected chi connectivity index (χ4v) is 3.40. The summed E-state index contributed by atoms with van der Waals surface area (Å²) in [4.78, 5) is 25.3. The van der Waals surface area contributed by atoms with Crippen LogP contribution >= 0.6 is 0 Å². The summed E-state index contributed by atoms with van der Waals surface area (Å²) >= 11 is 0. The molecule has 0 radical (unpaired) electrons. The minimum atomic E-state index is -0.641. The zero-order valence-electron chi connectivity index (χ0n) is 18.5. The number of nitrogens with one attached hydrogen (secondary N) is 3. The molecular formula is C25H36N4O2. The molecule has 2 aromatic rings. The lowest BCUT2D eigenvalue weighted by Gasteiger charge is -2.21. The molecule has 0 heterocycles. The molecule has 0 bridgehead atoms. The number of hydrogen-bond acceptors (Lipinski definition) is 4. The molecule has 0 unspecified atom stereocenters. The first kappa shape index (κ1) is 24.6. The monoisotopic (exact) mass is 424 g/mol. The number of carbonyl (C=O) groups excluding carboxylic acids is 2. The van der Waals surface area contributed by atoms with Gasteiger partial charge in [0.15, 0.2) is 0 Å². The second-order valence-corrected chi connectivity index (χ2v) is 7.82. The van der Waals surface area contributed by atoms with E-state index in [-0.39, 0.29) is 11.8 Å². The third kappa shape index (κ3) is 9.77. The van der Waals surface area contributed by atoms with Crippen LogP contribution in [0.15, 0.2) is 60.7 Å². The van der Waals surface area contributed by atoms with Crippen LogP contribution in [0, 0.1) is 0 Å².